The summed E-state index contributed by atoms with van der Waals surface area (Å²) in [5.74, 6) is 0.442. The Hall–Kier alpha value is -2.11. The van der Waals surface area contributed by atoms with Crippen LogP contribution in [0.3, 0.4) is 0 Å². The minimum Gasteiger partial charge on any atom is -0.290 e. The van der Waals surface area contributed by atoms with Gasteiger partial charge >= 0.3 is 0 Å². The highest BCUT2D eigenvalue weighted by Crippen LogP contribution is 2.41. The SMILES string of the molecule is Cc1cc(/C(=C\NS(C)(=O)=O)c2cccs2)c2c(C)ccc(C(C)C)cc1-2. The summed E-state index contributed by atoms with van der Waals surface area (Å²) in [4.78, 5) is 1.04. The number of hydrogen-bond acceptors (Lipinski definition) is 3. The van der Waals surface area contributed by atoms with Crippen molar-refractivity contribution < 1.29 is 8.42 Å². The molecule has 0 amide bonds. The van der Waals surface area contributed by atoms with E-state index in [2.05, 4.69) is 56.7 Å². The third-order valence-electron chi connectivity index (χ3n) is 4.72. The van der Waals surface area contributed by atoms with E-state index in [0.717, 1.165) is 16.0 Å². The Morgan fingerprint density at radius 1 is 1.11 bits per heavy atom. The van der Waals surface area contributed by atoms with Crippen LogP contribution in [-0.2, 0) is 10.0 Å². The molecule has 0 aliphatic heterocycles. The second-order valence-corrected chi connectivity index (χ2v) is 10.00. The number of nitrogens with one attached hydrogen (secondary N) is 1. The predicted octanol–water partition coefficient (Wildman–Crippen LogP) is 5.53. The van der Waals surface area contributed by atoms with Crippen molar-refractivity contribution in [2.75, 3.05) is 6.26 Å². The zero-order valence-electron chi connectivity index (χ0n) is 16.3. The number of aryl methyl sites for hydroxylation is 2. The van der Waals surface area contributed by atoms with E-state index in [1.54, 1.807) is 17.5 Å². The molecule has 5 heteroatoms. The lowest BCUT2D eigenvalue weighted by molar-refractivity contribution is 0.596. The normalized spacial score (nSPS) is 12.7. The molecule has 0 atom stereocenters. The van der Waals surface area contributed by atoms with Crippen LogP contribution in [0.5, 0.6) is 0 Å². The molecule has 0 radical (unpaired) electrons. The van der Waals surface area contributed by atoms with E-state index in [4.69, 9.17) is 0 Å². The van der Waals surface area contributed by atoms with Crippen LogP contribution in [-0.4, -0.2) is 14.7 Å². The van der Waals surface area contributed by atoms with Gasteiger partial charge in [-0.05, 0) is 64.6 Å². The summed E-state index contributed by atoms with van der Waals surface area (Å²) < 4.78 is 25.9. The van der Waals surface area contributed by atoms with Crippen molar-refractivity contribution in [2.45, 2.75) is 33.6 Å². The van der Waals surface area contributed by atoms with E-state index in [-0.39, 0.29) is 0 Å². The van der Waals surface area contributed by atoms with Gasteiger partial charge in [-0.1, -0.05) is 44.2 Å². The molecule has 0 spiro atoms. The monoisotopic (exact) mass is 399 g/mol. The van der Waals surface area contributed by atoms with E-state index in [0.29, 0.717) is 5.92 Å². The summed E-state index contributed by atoms with van der Waals surface area (Å²) in [7, 11) is -3.33. The van der Waals surface area contributed by atoms with E-state index in [9.17, 15) is 8.42 Å². The van der Waals surface area contributed by atoms with Crippen LogP contribution in [0.4, 0.5) is 0 Å². The smallest absolute Gasteiger partial charge is 0.229 e. The van der Waals surface area contributed by atoms with Crippen LogP contribution in [0.2, 0.25) is 0 Å². The number of hydrogen-bond donors (Lipinski definition) is 1. The van der Waals surface area contributed by atoms with Gasteiger partial charge in [-0.15, -0.1) is 11.3 Å². The maximum atomic E-state index is 11.7. The summed E-state index contributed by atoms with van der Waals surface area (Å²) in [5.41, 5.74) is 8.03. The molecule has 1 aromatic rings. The van der Waals surface area contributed by atoms with Crippen molar-refractivity contribution in [3.05, 3.63) is 75.1 Å². The summed E-state index contributed by atoms with van der Waals surface area (Å²) >= 11 is 1.60. The van der Waals surface area contributed by atoms with Crippen molar-refractivity contribution in [1.82, 2.24) is 4.72 Å². The zero-order valence-corrected chi connectivity index (χ0v) is 18.0. The third kappa shape index (κ3) is 4.25. The van der Waals surface area contributed by atoms with Gasteiger partial charge < -0.3 is 0 Å². The molecule has 1 N–H and O–H groups in total. The van der Waals surface area contributed by atoms with Crippen molar-refractivity contribution >= 4 is 26.9 Å². The molecular formula is C22H25NO2S2. The molecule has 0 saturated carbocycles. The lowest BCUT2D eigenvalue weighted by atomic mass is 9.97. The van der Waals surface area contributed by atoms with E-state index in [1.807, 2.05) is 17.5 Å². The molecule has 0 bridgehead atoms. The van der Waals surface area contributed by atoms with Gasteiger partial charge in [0, 0.05) is 16.7 Å². The fourth-order valence-electron chi connectivity index (χ4n) is 3.29. The second-order valence-electron chi connectivity index (χ2n) is 7.27. The van der Waals surface area contributed by atoms with Gasteiger partial charge in [0.15, 0.2) is 0 Å². The molecule has 0 fully saturated rings. The first kappa shape index (κ1) is 19.6. The molecular weight excluding hydrogens is 374 g/mol. The van der Waals surface area contributed by atoms with Crippen molar-refractivity contribution in [3.63, 3.8) is 0 Å². The zero-order chi connectivity index (χ0) is 19.8. The quantitative estimate of drug-likeness (QED) is 0.613. The lowest BCUT2D eigenvalue weighted by Crippen LogP contribution is -2.15. The molecule has 142 valence electrons. The van der Waals surface area contributed by atoms with E-state index in [1.165, 1.54) is 34.1 Å². The van der Waals surface area contributed by atoms with Crippen LogP contribution in [0.25, 0.3) is 16.7 Å². The van der Waals surface area contributed by atoms with E-state index >= 15 is 0 Å². The Labute approximate surface area is 166 Å². The topological polar surface area (TPSA) is 46.2 Å². The second kappa shape index (κ2) is 7.49. The average molecular weight is 400 g/mol. The van der Waals surface area contributed by atoms with Gasteiger partial charge in [0.25, 0.3) is 0 Å². The van der Waals surface area contributed by atoms with Crippen molar-refractivity contribution in [3.8, 4) is 11.1 Å². The molecule has 2 aliphatic rings. The molecule has 1 heterocycles. The Bertz CT molecular complexity index is 1060. The van der Waals surface area contributed by atoms with Crippen LogP contribution in [0.1, 0.15) is 46.9 Å². The molecule has 0 aromatic carbocycles. The molecule has 0 unspecified atom stereocenters. The van der Waals surface area contributed by atoms with E-state index < -0.39 is 10.0 Å². The standard InChI is InChI=1S/C22H25NO2S2/c1-14(2)17-9-8-15(3)22-18(12-17)16(4)11-19(22)20(13-23-27(5,24)25)21-7-6-10-26-21/h6-14,23H,1-5H3/b20-13+. The fraction of sp³-hybridized carbons (Fsp3) is 0.273. The summed E-state index contributed by atoms with van der Waals surface area (Å²) in [6, 6.07) is 12.8. The Morgan fingerprint density at radius 2 is 1.85 bits per heavy atom. The van der Waals surface area contributed by atoms with Crippen LogP contribution in [0, 0.1) is 13.8 Å². The lowest BCUT2D eigenvalue weighted by Gasteiger charge is -2.10. The number of rotatable bonds is 5. The molecule has 27 heavy (non-hydrogen) atoms. The Balaban J connectivity index is 2.26. The minimum absolute atomic E-state index is 0.442. The maximum absolute atomic E-state index is 11.7. The highest BCUT2D eigenvalue weighted by Gasteiger charge is 2.20. The van der Waals surface area contributed by atoms with Gasteiger partial charge in [-0.2, -0.15) is 0 Å². The summed E-state index contributed by atoms with van der Waals surface area (Å²) in [6.07, 6.45) is 2.79. The first-order valence-electron chi connectivity index (χ1n) is 8.93. The maximum Gasteiger partial charge on any atom is 0.229 e. The molecule has 1 aromatic heterocycles. The van der Waals surface area contributed by atoms with Crippen LogP contribution >= 0.6 is 11.3 Å². The van der Waals surface area contributed by atoms with Gasteiger partial charge in [-0.3, -0.25) is 4.72 Å². The highest BCUT2D eigenvalue weighted by molar-refractivity contribution is 7.88. The van der Waals surface area contributed by atoms with Gasteiger partial charge in [0.1, 0.15) is 0 Å². The Morgan fingerprint density at radius 3 is 2.44 bits per heavy atom. The van der Waals surface area contributed by atoms with Gasteiger partial charge in [-0.25, -0.2) is 8.42 Å². The summed E-state index contributed by atoms with van der Waals surface area (Å²) in [5, 5.41) is 2.01. The third-order valence-corrected chi connectivity index (χ3v) is 6.17. The largest absolute Gasteiger partial charge is 0.290 e. The van der Waals surface area contributed by atoms with Crippen molar-refractivity contribution in [2.24, 2.45) is 0 Å². The Kier molecular flexibility index (Phi) is 5.45. The average Bonchev–Trinajstić information content (AvgIpc) is 3.15. The van der Waals surface area contributed by atoms with Gasteiger partial charge in [0.2, 0.25) is 10.0 Å². The van der Waals surface area contributed by atoms with Crippen LogP contribution < -0.4 is 4.72 Å². The first-order chi connectivity index (χ1) is 12.7. The molecule has 3 rings (SSSR count). The number of sulfonamides is 1. The van der Waals surface area contributed by atoms with Crippen molar-refractivity contribution in [1.29, 1.82) is 0 Å². The number of thiophene rings is 1. The summed E-state index contributed by atoms with van der Waals surface area (Å²) in [6.45, 7) is 8.63. The minimum atomic E-state index is -3.33. The first-order valence-corrected chi connectivity index (χ1v) is 11.7. The highest BCUT2D eigenvalue weighted by atomic mass is 32.2. The fourth-order valence-corrected chi connectivity index (χ4v) is 4.38. The predicted molar refractivity (Wildman–Crippen MR) is 116 cm³/mol. The molecule has 0 saturated heterocycles. The van der Waals surface area contributed by atoms with Crippen LogP contribution in [0.15, 0.2) is 48.0 Å². The van der Waals surface area contributed by atoms with Gasteiger partial charge in [0.05, 0.1) is 6.26 Å². The number of fused-ring (bicyclic) bond motifs is 1. The molecule has 3 nitrogen and oxygen atoms in total. The molecule has 2 aliphatic carbocycles.